The Morgan fingerprint density at radius 2 is 1.19 bits per heavy atom. The van der Waals surface area contributed by atoms with Gasteiger partial charge in [0.25, 0.3) is 5.60 Å². The lowest BCUT2D eigenvalue weighted by molar-refractivity contribution is -0.376. The van der Waals surface area contributed by atoms with E-state index in [1.807, 2.05) is 12.1 Å². The van der Waals surface area contributed by atoms with Gasteiger partial charge in [0.1, 0.15) is 0 Å². The first-order valence-corrected chi connectivity index (χ1v) is 12.2. The van der Waals surface area contributed by atoms with Gasteiger partial charge < -0.3 is 15.3 Å². The molecule has 2 aliphatic heterocycles. The van der Waals surface area contributed by atoms with E-state index in [2.05, 4.69) is 15.1 Å². The van der Waals surface area contributed by atoms with Crippen LogP contribution in [0.1, 0.15) is 24.0 Å². The predicted molar refractivity (Wildman–Crippen MR) is 125 cm³/mol. The van der Waals surface area contributed by atoms with Crippen LogP contribution in [0.5, 0.6) is 0 Å². The fourth-order valence-corrected chi connectivity index (χ4v) is 5.01. The number of alkyl halides is 6. The molecule has 0 amide bonds. The van der Waals surface area contributed by atoms with Crippen LogP contribution in [0.2, 0.25) is 0 Å². The van der Waals surface area contributed by atoms with Gasteiger partial charge in [0.05, 0.1) is 0 Å². The van der Waals surface area contributed by atoms with Crippen molar-refractivity contribution >= 4 is 0 Å². The molecule has 2 saturated heterocycles. The molecule has 2 heterocycles. The Bertz CT molecular complexity index is 963. The molecule has 0 aromatic heterocycles. The largest absolute Gasteiger partial charge is 0.430 e. The van der Waals surface area contributed by atoms with Crippen molar-refractivity contribution in [2.75, 3.05) is 45.8 Å². The second kappa shape index (κ2) is 10.7. The summed E-state index contributed by atoms with van der Waals surface area (Å²) < 4.78 is 78.6. The van der Waals surface area contributed by atoms with E-state index < -0.39 is 23.5 Å². The highest BCUT2D eigenvalue weighted by Crippen LogP contribution is 2.50. The summed E-state index contributed by atoms with van der Waals surface area (Å²) in [6, 6.07) is 11.1. The van der Waals surface area contributed by atoms with Gasteiger partial charge in [0.15, 0.2) is 0 Å². The minimum absolute atomic E-state index is 0.462. The molecule has 0 radical (unpaired) electrons. The Hall–Kier alpha value is -2.14. The smallest absolute Gasteiger partial charge is 0.369 e. The van der Waals surface area contributed by atoms with Crippen LogP contribution in [0.4, 0.5) is 26.3 Å². The molecule has 10 heteroatoms. The molecule has 2 N–H and O–H groups in total. The normalized spacial score (nSPS) is 19.5. The lowest BCUT2D eigenvalue weighted by Crippen LogP contribution is -2.53. The maximum atomic E-state index is 13.1. The topological polar surface area (TPSA) is 38.7 Å². The number of piperidine rings is 1. The zero-order valence-corrected chi connectivity index (χ0v) is 19.9. The summed E-state index contributed by atoms with van der Waals surface area (Å²) in [4.78, 5) is 4.93. The summed E-state index contributed by atoms with van der Waals surface area (Å²) in [5.41, 5.74) is -3.96. The van der Waals surface area contributed by atoms with E-state index in [4.69, 9.17) is 0 Å². The van der Waals surface area contributed by atoms with Gasteiger partial charge in [-0.3, -0.25) is 4.90 Å². The molecule has 198 valence electrons. The monoisotopic (exact) mass is 515 g/mol. The van der Waals surface area contributed by atoms with Crippen LogP contribution in [-0.2, 0) is 12.1 Å². The number of aliphatic hydroxyl groups is 1. The van der Waals surface area contributed by atoms with Crippen molar-refractivity contribution in [2.45, 2.75) is 37.3 Å². The molecular formula is C26H31F6N3O. The first-order chi connectivity index (χ1) is 17.0. The highest BCUT2D eigenvalue weighted by Gasteiger charge is 2.71. The molecule has 2 aromatic carbocycles. The highest BCUT2D eigenvalue weighted by atomic mass is 19.4. The van der Waals surface area contributed by atoms with E-state index in [1.54, 1.807) is 12.1 Å². The first kappa shape index (κ1) is 26.9. The van der Waals surface area contributed by atoms with Gasteiger partial charge in [-0.2, -0.15) is 26.3 Å². The second-order valence-corrected chi connectivity index (χ2v) is 9.75. The maximum Gasteiger partial charge on any atom is 0.430 e. The third kappa shape index (κ3) is 5.88. The zero-order valence-electron chi connectivity index (χ0n) is 19.9. The van der Waals surface area contributed by atoms with E-state index >= 15 is 0 Å². The molecule has 36 heavy (non-hydrogen) atoms. The maximum absolute atomic E-state index is 13.1. The van der Waals surface area contributed by atoms with Crippen LogP contribution < -0.4 is 5.32 Å². The van der Waals surface area contributed by atoms with Gasteiger partial charge in [0.2, 0.25) is 0 Å². The summed E-state index contributed by atoms with van der Waals surface area (Å²) in [7, 11) is 0. The number of benzene rings is 2. The number of rotatable bonds is 6. The molecule has 2 fully saturated rings. The first-order valence-electron chi connectivity index (χ1n) is 12.2. The summed E-state index contributed by atoms with van der Waals surface area (Å²) in [6.07, 6.45) is -9.32. The molecule has 0 atom stereocenters. The van der Waals surface area contributed by atoms with Crippen LogP contribution in [0.15, 0.2) is 48.5 Å². The Kier molecular flexibility index (Phi) is 7.99. The van der Waals surface area contributed by atoms with E-state index in [1.165, 1.54) is 12.8 Å². The molecule has 4 rings (SSSR count). The molecule has 0 aliphatic carbocycles. The van der Waals surface area contributed by atoms with E-state index in [-0.39, 0.29) is 0 Å². The van der Waals surface area contributed by atoms with Crippen molar-refractivity contribution in [3.63, 3.8) is 0 Å². The quantitative estimate of drug-likeness (QED) is 0.544. The molecule has 0 bridgehead atoms. The number of piperazine rings is 1. The number of hydrogen-bond donors (Lipinski definition) is 2. The van der Waals surface area contributed by atoms with Crippen molar-refractivity contribution < 1.29 is 31.4 Å². The number of halogens is 6. The molecule has 2 aromatic rings. The molecular weight excluding hydrogens is 484 g/mol. The van der Waals surface area contributed by atoms with E-state index in [0.29, 0.717) is 23.3 Å². The van der Waals surface area contributed by atoms with Gasteiger partial charge in [0, 0.05) is 44.8 Å². The summed E-state index contributed by atoms with van der Waals surface area (Å²) in [5.74, 6) is 0.773. The van der Waals surface area contributed by atoms with Gasteiger partial charge >= 0.3 is 12.4 Å². The van der Waals surface area contributed by atoms with Crippen LogP contribution in [0, 0.1) is 5.92 Å². The highest BCUT2D eigenvalue weighted by molar-refractivity contribution is 5.64. The Balaban J connectivity index is 1.34. The van der Waals surface area contributed by atoms with Gasteiger partial charge in [-0.05, 0) is 48.5 Å². The minimum atomic E-state index is -5.90. The Morgan fingerprint density at radius 1 is 0.722 bits per heavy atom. The minimum Gasteiger partial charge on any atom is -0.369 e. The number of nitrogens with zero attached hydrogens (tertiary/aromatic N) is 2. The van der Waals surface area contributed by atoms with Gasteiger partial charge in [-0.25, -0.2) is 0 Å². The van der Waals surface area contributed by atoms with Crippen LogP contribution >= 0.6 is 0 Å². The second-order valence-electron chi connectivity index (χ2n) is 9.75. The van der Waals surface area contributed by atoms with Crippen molar-refractivity contribution in [1.82, 2.24) is 15.1 Å². The van der Waals surface area contributed by atoms with Gasteiger partial charge in [-0.1, -0.05) is 48.5 Å². The molecule has 0 saturated carbocycles. The zero-order chi connectivity index (χ0) is 26.0. The fraction of sp³-hybridized carbons (Fsp3) is 0.538. The third-order valence-electron chi connectivity index (χ3n) is 7.26. The van der Waals surface area contributed by atoms with Crippen molar-refractivity contribution in [2.24, 2.45) is 5.92 Å². The fourth-order valence-electron chi connectivity index (χ4n) is 5.01. The van der Waals surface area contributed by atoms with Crippen LogP contribution in [0.3, 0.4) is 0 Å². The van der Waals surface area contributed by atoms with Crippen molar-refractivity contribution in [3.8, 4) is 11.1 Å². The summed E-state index contributed by atoms with van der Waals surface area (Å²) in [6.45, 7) is 8.19. The number of nitrogens with one attached hydrogen (secondary N) is 1. The van der Waals surface area contributed by atoms with Gasteiger partial charge in [-0.15, -0.1) is 0 Å². The average molecular weight is 516 g/mol. The molecule has 0 unspecified atom stereocenters. The SMILES string of the molecule is OC(c1ccc(-c2ccc(CN3CCN(CC4CCNCC4)CC3)cc2)cc1)(C(F)(F)F)C(F)(F)F. The van der Waals surface area contributed by atoms with E-state index in [9.17, 15) is 31.4 Å². The van der Waals surface area contributed by atoms with Crippen LogP contribution in [0.25, 0.3) is 11.1 Å². The summed E-state index contributed by atoms with van der Waals surface area (Å²) >= 11 is 0. The molecule has 0 spiro atoms. The average Bonchev–Trinajstić information content (AvgIpc) is 2.85. The molecule has 2 aliphatic rings. The van der Waals surface area contributed by atoms with Crippen molar-refractivity contribution in [1.29, 1.82) is 0 Å². The predicted octanol–water partition coefficient (Wildman–Crippen LogP) is 4.78. The third-order valence-corrected chi connectivity index (χ3v) is 7.26. The Labute approximate surface area is 206 Å². The lowest BCUT2D eigenvalue weighted by atomic mass is 9.90. The molecule has 4 nitrogen and oxygen atoms in total. The van der Waals surface area contributed by atoms with E-state index in [0.717, 1.165) is 76.0 Å². The van der Waals surface area contributed by atoms with Crippen molar-refractivity contribution in [3.05, 3.63) is 59.7 Å². The summed E-state index contributed by atoms with van der Waals surface area (Å²) in [5, 5.41) is 12.9. The van der Waals surface area contributed by atoms with Crippen LogP contribution in [-0.4, -0.2) is 73.1 Å². The Morgan fingerprint density at radius 3 is 1.69 bits per heavy atom. The number of hydrogen-bond acceptors (Lipinski definition) is 4. The standard InChI is InChI=1S/C26H31F6N3O/c27-25(28,29)24(36,26(30,31)32)23-7-5-22(6-8-23)21-3-1-19(2-4-21)17-34-13-15-35(16-14-34)18-20-9-11-33-12-10-20/h1-8,20,33,36H,9-18H2. The lowest BCUT2D eigenvalue weighted by Gasteiger charge is -2.37.